The average molecular weight is 499 g/mol. The summed E-state index contributed by atoms with van der Waals surface area (Å²) < 4.78 is 48.1. The highest BCUT2D eigenvalue weighted by molar-refractivity contribution is 6.30. The molecule has 1 N–H and O–H groups in total. The minimum absolute atomic E-state index is 0.0117. The molecule has 10 heteroatoms. The van der Waals surface area contributed by atoms with Crippen LogP contribution in [0.1, 0.15) is 49.2 Å². The smallest absolute Gasteiger partial charge is 0.322 e. The van der Waals surface area contributed by atoms with E-state index in [-0.39, 0.29) is 35.8 Å². The number of carbonyl (C=O) groups is 2. The van der Waals surface area contributed by atoms with Crippen molar-refractivity contribution in [3.8, 4) is 0 Å². The van der Waals surface area contributed by atoms with Crippen molar-refractivity contribution in [2.24, 2.45) is 16.3 Å². The summed E-state index contributed by atoms with van der Waals surface area (Å²) in [5.74, 6) is -7.17. The van der Waals surface area contributed by atoms with Crippen LogP contribution in [0.15, 0.2) is 29.3 Å². The van der Waals surface area contributed by atoms with E-state index in [2.05, 4.69) is 9.98 Å². The predicted octanol–water partition coefficient (Wildman–Crippen LogP) is 4.58. The number of aliphatic hydroxyl groups excluding tert-OH is 1. The van der Waals surface area contributed by atoms with Gasteiger partial charge in [0.1, 0.15) is 5.82 Å². The molecule has 0 fully saturated rings. The van der Waals surface area contributed by atoms with E-state index in [0.29, 0.717) is 0 Å². The third kappa shape index (κ3) is 6.64. The van der Waals surface area contributed by atoms with Crippen LogP contribution in [-0.2, 0) is 16.0 Å². The number of ether oxygens (including phenoxy) is 1. The first-order chi connectivity index (χ1) is 15.9. The average Bonchev–Trinajstić information content (AvgIpc) is 2.75. The zero-order chi connectivity index (χ0) is 25.6. The van der Waals surface area contributed by atoms with Gasteiger partial charge < -0.3 is 9.84 Å². The quantitative estimate of drug-likeness (QED) is 0.180. The van der Waals surface area contributed by atoms with Crippen LogP contribution in [0.2, 0.25) is 5.02 Å². The largest absolute Gasteiger partial charge is 0.465 e. The number of aromatic nitrogens is 1. The van der Waals surface area contributed by atoms with E-state index in [1.165, 1.54) is 25.1 Å². The summed E-state index contributed by atoms with van der Waals surface area (Å²) in [6.07, 6.45) is 0.631. The minimum atomic E-state index is -1.66. The van der Waals surface area contributed by atoms with Gasteiger partial charge in [-0.25, -0.2) is 4.39 Å². The molecule has 0 saturated carbocycles. The van der Waals surface area contributed by atoms with Crippen molar-refractivity contribution < 1.29 is 32.6 Å². The Morgan fingerprint density at radius 2 is 1.88 bits per heavy atom. The van der Waals surface area contributed by atoms with Gasteiger partial charge in [0.2, 0.25) is 11.9 Å². The first-order valence-electron chi connectivity index (χ1n) is 10.5. The molecule has 0 radical (unpaired) electrons. The van der Waals surface area contributed by atoms with Crippen molar-refractivity contribution in [3.05, 3.63) is 63.7 Å². The van der Waals surface area contributed by atoms with Crippen molar-refractivity contribution >= 4 is 29.6 Å². The maximum atomic E-state index is 14.5. The third-order valence-corrected chi connectivity index (χ3v) is 5.38. The second-order valence-electron chi connectivity index (χ2n) is 8.62. The van der Waals surface area contributed by atoms with Crippen LogP contribution in [0.5, 0.6) is 0 Å². The molecule has 0 amide bonds. The second-order valence-corrected chi connectivity index (χ2v) is 9.03. The van der Waals surface area contributed by atoms with Gasteiger partial charge in [0.05, 0.1) is 29.8 Å². The molecule has 1 aromatic carbocycles. The summed E-state index contributed by atoms with van der Waals surface area (Å²) in [5, 5.41) is 9.42. The van der Waals surface area contributed by atoms with Crippen LogP contribution in [0.4, 0.5) is 13.2 Å². The van der Waals surface area contributed by atoms with E-state index >= 15 is 0 Å². The summed E-state index contributed by atoms with van der Waals surface area (Å²) in [6, 6.07) is 4.36. The topological polar surface area (TPSA) is 88.9 Å². The Bertz CT molecular complexity index is 1090. The number of Topliss-reactive ketones (excluding diaryl/α,β-unsaturated/α-hetero) is 1. The van der Waals surface area contributed by atoms with Crippen LogP contribution in [0.3, 0.4) is 0 Å². The van der Waals surface area contributed by atoms with Crippen molar-refractivity contribution in [3.63, 3.8) is 0 Å². The Labute approximate surface area is 200 Å². The summed E-state index contributed by atoms with van der Waals surface area (Å²) in [7, 11) is 0. The van der Waals surface area contributed by atoms with E-state index in [4.69, 9.17) is 16.3 Å². The molecule has 2 atom stereocenters. The normalized spacial score (nSPS) is 13.7. The minimum Gasteiger partial charge on any atom is -0.465 e. The fourth-order valence-corrected chi connectivity index (χ4v) is 3.26. The highest BCUT2D eigenvalue weighted by atomic mass is 35.5. The molecule has 0 bridgehead atoms. The Hall–Kier alpha value is -2.78. The maximum Gasteiger partial charge on any atom is 0.322 e. The fourth-order valence-electron chi connectivity index (χ4n) is 3.07. The lowest BCUT2D eigenvalue weighted by Crippen LogP contribution is -2.32. The lowest BCUT2D eigenvalue weighted by Gasteiger charge is -2.25. The molecule has 184 valence electrons. The number of carbonyl (C=O) groups excluding carboxylic acids is 2. The third-order valence-electron chi connectivity index (χ3n) is 5.09. The number of hydrogen-bond acceptors (Lipinski definition) is 6. The number of halogens is 4. The summed E-state index contributed by atoms with van der Waals surface area (Å²) >= 11 is 5.75. The van der Waals surface area contributed by atoms with Crippen LogP contribution in [0, 0.1) is 29.0 Å². The van der Waals surface area contributed by atoms with Gasteiger partial charge in [0.25, 0.3) is 0 Å². The number of aliphatic hydroxyl groups is 1. The monoisotopic (exact) mass is 498 g/mol. The lowest BCUT2D eigenvalue weighted by atomic mass is 9.87. The molecule has 0 aliphatic rings. The van der Waals surface area contributed by atoms with E-state index < -0.39 is 52.4 Å². The van der Waals surface area contributed by atoms with E-state index in [1.54, 1.807) is 20.8 Å². The van der Waals surface area contributed by atoms with Gasteiger partial charge in [0, 0.05) is 18.2 Å². The molecule has 1 heterocycles. The van der Waals surface area contributed by atoms with E-state index in [1.807, 2.05) is 0 Å². The van der Waals surface area contributed by atoms with Gasteiger partial charge in [-0.05, 0) is 30.0 Å². The van der Waals surface area contributed by atoms with Gasteiger partial charge in [-0.2, -0.15) is 13.8 Å². The molecule has 2 rings (SSSR count). The highest BCUT2D eigenvalue weighted by Gasteiger charge is 2.32. The Balaban J connectivity index is 2.48. The van der Waals surface area contributed by atoms with Gasteiger partial charge in [-0.15, -0.1) is 0 Å². The predicted molar refractivity (Wildman–Crippen MR) is 122 cm³/mol. The zero-order valence-electron chi connectivity index (χ0n) is 19.2. The lowest BCUT2D eigenvalue weighted by molar-refractivity contribution is -0.144. The van der Waals surface area contributed by atoms with Crippen LogP contribution >= 0.6 is 11.6 Å². The van der Waals surface area contributed by atoms with Crippen LogP contribution in [-0.4, -0.2) is 47.3 Å². The Kier molecular flexibility index (Phi) is 9.35. The molecule has 0 saturated heterocycles. The van der Waals surface area contributed by atoms with E-state index in [0.717, 1.165) is 12.3 Å². The summed E-state index contributed by atoms with van der Waals surface area (Å²) in [6.45, 7) is 6.53. The number of esters is 1. The molecule has 34 heavy (non-hydrogen) atoms. The number of hydrogen-bond donors (Lipinski definition) is 1. The van der Waals surface area contributed by atoms with Crippen LogP contribution < -0.4 is 0 Å². The summed E-state index contributed by atoms with van der Waals surface area (Å²) in [5.41, 5.74) is -1.43. The van der Waals surface area contributed by atoms with Crippen molar-refractivity contribution in [1.29, 1.82) is 0 Å². The maximum absolute atomic E-state index is 14.5. The van der Waals surface area contributed by atoms with Crippen molar-refractivity contribution in [1.82, 2.24) is 4.98 Å². The fraction of sp³-hybridized carbons (Fsp3) is 0.417. The molecule has 2 unspecified atom stereocenters. The zero-order valence-corrected chi connectivity index (χ0v) is 20.0. The number of rotatable bonds is 9. The first kappa shape index (κ1) is 27.5. The molecule has 2 aromatic rings. The standard InChI is InChI=1S/C24H26ClF3N2O4/c1-5-34-23(33)16(11-29-18(12-31)24(2,3)4)20(32)15-10-14(21(27)30-22(15)28)9-13-7-6-8-17(25)19(13)26/h6-8,10-11,16,18,31H,5,9,12H2,1-4H3. The van der Waals surface area contributed by atoms with Crippen LogP contribution in [0.25, 0.3) is 0 Å². The molecular formula is C24H26ClF3N2O4. The molecular weight excluding hydrogens is 473 g/mol. The number of ketones is 1. The Morgan fingerprint density at radius 1 is 1.21 bits per heavy atom. The van der Waals surface area contributed by atoms with Gasteiger partial charge in [0.15, 0.2) is 11.7 Å². The molecule has 0 aliphatic heterocycles. The number of aliphatic imine (C=N–C) groups is 1. The first-order valence-corrected chi connectivity index (χ1v) is 10.9. The van der Waals surface area contributed by atoms with Gasteiger partial charge >= 0.3 is 5.97 Å². The van der Waals surface area contributed by atoms with E-state index in [9.17, 15) is 27.9 Å². The van der Waals surface area contributed by atoms with Crippen molar-refractivity contribution in [2.45, 2.75) is 40.2 Å². The molecule has 0 spiro atoms. The number of benzene rings is 1. The molecule has 0 aliphatic carbocycles. The van der Waals surface area contributed by atoms with Gasteiger partial charge in [-0.3, -0.25) is 14.6 Å². The SMILES string of the molecule is CCOC(=O)C(C=NC(CO)C(C)(C)C)C(=O)c1cc(Cc2cccc(Cl)c2F)c(F)nc1F. The van der Waals surface area contributed by atoms with Gasteiger partial charge in [-0.1, -0.05) is 44.5 Å². The molecule has 6 nitrogen and oxygen atoms in total. The second kappa shape index (κ2) is 11.6. The molecule has 1 aromatic heterocycles. The number of pyridine rings is 1. The summed E-state index contributed by atoms with van der Waals surface area (Å²) in [4.78, 5) is 32.9. The Morgan fingerprint density at radius 3 is 2.47 bits per heavy atom. The van der Waals surface area contributed by atoms with Crippen molar-refractivity contribution in [2.75, 3.05) is 13.2 Å². The highest BCUT2D eigenvalue weighted by Crippen LogP contribution is 2.25. The number of nitrogens with zero attached hydrogens (tertiary/aromatic N) is 2.